The second-order valence-electron chi connectivity index (χ2n) is 4.80. The maximum Gasteiger partial charge on any atom is 0.109 e. The predicted octanol–water partition coefficient (Wildman–Crippen LogP) is 3.88. The van der Waals surface area contributed by atoms with Crippen molar-refractivity contribution in [2.24, 2.45) is 0 Å². The van der Waals surface area contributed by atoms with Crippen LogP contribution in [0.5, 0.6) is 0 Å². The Morgan fingerprint density at radius 3 is 2.75 bits per heavy atom. The van der Waals surface area contributed by atoms with Gasteiger partial charge in [-0.1, -0.05) is 36.7 Å². The molecule has 3 rings (SSSR count). The highest BCUT2D eigenvalue weighted by Crippen LogP contribution is 2.23. The predicted molar refractivity (Wildman–Crippen MR) is 84.1 cm³/mol. The molecule has 1 heterocycles. The van der Waals surface area contributed by atoms with Crippen molar-refractivity contribution >= 4 is 28.3 Å². The van der Waals surface area contributed by atoms with Crippen molar-refractivity contribution in [2.75, 3.05) is 5.73 Å². The Bertz CT molecular complexity index is 762. The summed E-state index contributed by atoms with van der Waals surface area (Å²) in [5.41, 5.74) is 10.00. The summed E-state index contributed by atoms with van der Waals surface area (Å²) in [5, 5.41) is 0.664. The number of hydrogen-bond acceptors (Lipinski definition) is 2. The van der Waals surface area contributed by atoms with Crippen LogP contribution in [-0.2, 0) is 13.0 Å². The zero-order valence-corrected chi connectivity index (χ0v) is 12.1. The van der Waals surface area contributed by atoms with Gasteiger partial charge in [-0.05, 0) is 29.8 Å². The van der Waals surface area contributed by atoms with E-state index in [0.29, 0.717) is 11.6 Å². The van der Waals surface area contributed by atoms with Gasteiger partial charge in [0.1, 0.15) is 5.82 Å². The Kier molecular flexibility index (Phi) is 3.36. The first-order valence-electron chi connectivity index (χ1n) is 6.67. The molecule has 0 aliphatic carbocycles. The third-order valence-corrected chi connectivity index (χ3v) is 3.72. The molecule has 3 nitrogen and oxygen atoms in total. The number of halogens is 1. The number of nitrogens with zero attached hydrogens (tertiary/aromatic N) is 2. The second kappa shape index (κ2) is 5.17. The fourth-order valence-electron chi connectivity index (χ4n) is 2.45. The normalized spacial score (nSPS) is 11.1. The van der Waals surface area contributed by atoms with Gasteiger partial charge in [-0.25, -0.2) is 4.98 Å². The highest BCUT2D eigenvalue weighted by Gasteiger charge is 2.10. The van der Waals surface area contributed by atoms with E-state index >= 15 is 0 Å². The number of para-hydroxylation sites is 2. The topological polar surface area (TPSA) is 43.8 Å². The highest BCUT2D eigenvalue weighted by molar-refractivity contribution is 6.30. The van der Waals surface area contributed by atoms with Crippen molar-refractivity contribution < 1.29 is 0 Å². The van der Waals surface area contributed by atoms with Crippen LogP contribution in [0.25, 0.3) is 11.0 Å². The SMILES string of the molecule is CCc1nc2ccccc2n1Cc1ccc(Cl)cc1N. The first kappa shape index (κ1) is 13.0. The van der Waals surface area contributed by atoms with Gasteiger partial charge >= 0.3 is 0 Å². The fourth-order valence-corrected chi connectivity index (χ4v) is 2.63. The average molecular weight is 286 g/mol. The van der Waals surface area contributed by atoms with Gasteiger partial charge in [0, 0.05) is 17.1 Å². The number of nitrogen functional groups attached to an aromatic ring is 1. The van der Waals surface area contributed by atoms with E-state index in [1.807, 2.05) is 30.3 Å². The van der Waals surface area contributed by atoms with Crippen molar-refractivity contribution in [3.05, 3.63) is 58.9 Å². The number of benzene rings is 2. The smallest absolute Gasteiger partial charge is 0.109 e. The summed E-state index contributed by atoms with van der Waals surface area (Å²) in [7, 11) is 0. The quantitative estimate of drug-likeness (QED) is 0.742. The van der Waals surface area contributed by atoms with Crippen molar-refractivity contribution in [1.29, 1.82) is 0 Å². The number of fused-ring (bicyclic) bond motifs is 1. The summed E-state index contributed by atoms with van der Waals surface area (Å²) in [6.07, 6.45) is 0.891. The monoisotopic (exact) mass is 285 g/mol. The molecular formula is C16H16ClN3. The number of anilines is 1. The van der Waals surface area contributed by atoms with E-state index in [-0.39, 0.29) is 0 Å². The Labute approximate surface area is 123 Å². The number of rotatable bonds is 3. The molecule has 2 N–H and O–H groups in total. The summed E-state index contributed by atoms with van der Waals surface area (Å²) >= 11 is 5.95. The lowest BCUT2D eigenvalue weighted by atomic mass is 10.1. The maximum absolute atomic E-state index is 6.06. The van der Waals surface area contributed by atoms with E-state index in [0.717, 1.165) is 34.5 Å². The van der Waals surface area contributed by atoms with Crippen molar-refractivity contribution in [3.8, 4) is 0 Å². The Morgan fingerprint density at radius 2 is 2.00 bits per heavy atom. The summed E-state index contributed by atoms with van der Waals surface area (Å²) in [6, 6.07) is 13.8. The third kappa shape index (κ3) is 2.25. The molecule has 2 aromatic carbocycles. The van der Waals surface area contributed by atoms with Gasteiger partial charge in [0.05, 0.1) is 17.6 Å². The van der Waals surface area contributed by atoms with Crippen LogP contribution in [0.1, 0.15) is 18.3 Å². The van der Waals surface area contributed by atoms with Crippen molar-refractivity contribution in [1.82, 2.24) is 9.55 Å². The van der Waals surface area contributed by atoms with Gasteiger partial charge in [0.2, 0.25) is 0 Å². The van der Waals surface area contributed by atoms with Crippen LogP contribution in [-0.4, -0.2) is 9.55 Å². The number of nitrogens with two attached hydrogens (primary N) is 1. The molecule has 3 aromatic rings. The Morgan fingerprint density at radius 1 is 1.20 bits per heavy atom. The molecule has 0 saturated carbocycles. The van der Waals surface area contributed by atoms with E-state index in [1.54, 1.807) is 6.07 Å². The van der Waals surface area contributed by atoms with E-state index in [4.69, 9.17) is 17.3 Å². The molecule has 20 heavy (non-hydrogen) atoms. The summed E-state index contributed by atoms with van der Waals surface area (Å²) < 4.78 is 2.22. The van der Waals surface area contributed by atoms with Crippen molar-refractivity contribution in [2.45, 2.75) is 19.9 Å². The Hall–Kier alpha value is -2.00. The molecule has 4 heteroatoms. The van der Waals surface area contributed by atoms with Crippen LogP contribution < -0.4 is 5.73 Å². The maximum atomic E-state index is 6.06. The molecule has 0 spiro atoms. The van der Waals surface area contributed by atoms with E-state index in [1.165, 1.54) is 0 Å². The zero-order valence-electron chi connectivity index (χ0n) is 11.3. The highest BCUT2D eigenvalue weighted by atomic mass is 35.5. The van der Waals surface area contributed by atoms with Crippen LogP contribution in [0.2, 0.25) is 5.02 Å². The standard InChI is InChI=1S/C16H16ClN3/c1-2-16-19-14-5-3-4-6-15(14)20(16)10-11-7-8-12(17)9-13(11)18/h3-9H,2,10,18H2,1H3. The molecule has 0 aliphatic heterocycles. The van der Waals surface area contributed by atoms with Crippen LogP contribution in [0.3, 0.4) is 0 Å². The molecular weight excluding hydrogens is 270 g/mol. The second-order valence-corrected chi connectivity index (χ2v) is 5.24. The lowest BCUT2D eigenvalue weighted by Gasteiger charge is -2.11. The molecule has 0 aliphatic rings. The van der Waals surface area contributed by atoms with Crippen LogP contribution in [0.15, 0.2) is 42.5 Å². The molecule has 1 aromatic heterocycles. The summed E-state index contributed by atoms with van der Waals surface area (Å²) in [4.78, 5) is 4.67. The molecule has 0 radical (unpaired) electrons. The lowest BCUT2D eigenvalue weighted by molar-refractivity contribution is 0.754. The Balaban J connectivity index is 2.09. The minimum absolute atomic E-state index is 0.664. The van der Waals surface area contributed by atoms with Gasteiger partial charge in [-0.15, -0.1) is 0 Å². The first-order chi connectivity index (χ1) is 9.69. The molecule has 0 amide bonds. The molecule has 0 bridgehead atoms. The fraction of sp³-hybridized carbons (Fsp3) is 0.188. The molecule has 0 unspecified atom stereocenters. The summed E-state index contributed by atoms with van der Waals surface area (Å²) in [5.74, 6) is 1.07. The van der Waals surface area contributed by atoms with Gasteiger partial charge < -0.3 is 10.3 Å². The van der Waals surface area contributed by atoms with Gasteiger partial charge in [-0.2, -0.15) is 0 Å². The van der Waals surface area contributed by atoms with E-state index in [9.17, 15) is 0 Å². The van der Waals surface area contributed by atoms with Crippen molar-refractivity contribution in [3.63, 3.8) is 0 Å². The van der Waals surface area contributed by atoms with Crippen LogP contribution in [0.4, 0.5) is 5.69 Å². The first-order valence-corrected chi connectivity index (χ1v) is 7.05. The van der Waals surface area contributed by atoms with Gasteiger partial charge in [-0.3, -0.25) is 0 Å². The number of hydrogen-bond donors (Lipinski definition) is 1. The largest absolute Gasteiger partial charge is 0.398 e. The lowest BCUT2D eigenvalue weighted by Crippen LogP contribution is -2.06. The molecule has 0 fully saturated rings. The van der Waals surface area contributed by atoms with Crippen LogP contribution >= 0.6 is 11.6 Å². The number of aromatic nitrogens is 2. The minimum Gasteiger partial charge on any atom is -0.398 e. The minimum atomic E-state index is 0.664. The summed E-state index contributed by atoms with van der Waals surface area (Å²) in [6.45, 7) is 2.83. The third-order valence-electron chi connectivity index (χ3n) is 3.49. The van der Waals surface area contributed by atoms with E-state index < -0.39 is 0 Å². The van der Waals surface area contributed by atoms with Gasteiger partial charge in [0.15, 0.2) is 0 Å². The number of imidazole rings is 1. The molecule has 0 atom stereocenters. The zero-order chi connectivity index (χ0) is 14.1. The van der Waals surface area contributed by atoms with E-state index in [2.05, 4.69) is 22.5 Å². The molecule has 0 saturated heterocycles. The molecule has 102 valence electrons. The van der Waals surface area contributed by atoms with Crippen LogP contribution in [0, 0.1) is 0 Å². The van der Waals surface area contributed by atoms with Gasteiger partial charge in [0.25, 0.3) is 0 Å². The average Bonchev–Trinajstić information content (AvgIpc) is 2.80. The number of aryl methyl sites for hydroxylation is 1.